The van der Waals surface area contributed by atoms with E-state index in [1.165, 1.54) is 38.0 Å². The quantitative estimate of drug-likeness (QED) is 0.910. The second-order valence-electron chi connectivity index (χ2n) is 6.13. The van der Waals surface area contributed by atoms with Gasteiger partial charge in [-0.15, -0.1) is 0 Å². The first-order chi connectivity index (χ1) is 9.69. The number of rotatable bonds is 2. The van der Waals surface area contributed by atoms with Crippen molar-refractivity contribution in [2.45, 2.75) is 44.8 Å². The van der Waals surface area contributed by atoms with Gasteiger partial charge in [0, 0.05) is 42.4 Å². The summed E-state index contributed by atoms with van der Waals surface area (Å²) in [5.41, 5.74) is 7.96. The van der Waals surface area contributed by atoms with Crippen LogP contribution in [0.1, 0.15) is 31.7 Å². The van der Waals surface area contributed by atoms with Gasteiger partial charge in [0.15, 0.2) is 0 Å². The van der Waals surface area contributed by atoms with E-state index < -0.39 is 0 Å². The zero-order chi connectivity index (χ0) is 14.1. The average Bonchev–Trinajstić information content (AvgIpc) is 2.46. The second-order valence-corrected chi connectivity index (χ2v) is 6.53. The molecule has 0 radical (unpaired) electrons. The van der Waals surface area contributed by atoms with Crippen molar-refractivity contribution in [1.82, 2.24) is 4.90 Å². The van der Waals surface area contributed by atoms with Gasteiger partial charge in [0.1, 0.15) is 0 Å². The van der Waals surface area contributed by atoms with E-state index in [0.29, 0.717) is 18.6 Å². The summed E-state index contributed by atoms with van der Waals surface area (Å²) in [5, 5.41) is 0.795. The molecule has 2 atom stereocenters. The van der Waals surface area contributed by atoms with Crippen LogP contribution < -0.4 is 10.6 Å². The molecule has 0 saturated carbocycles. The van der Waals surface area contributed by atoms with E-state index in [2.05, 4.69) is 34.9 Å². The minimum atomic E-state index is 0.505. The zero-order valence-corrected chi connectivity index (χ0v) is 12.9. The normalized spacial score (nSPS) is 27.4. The molecule has 20 heavy (non-hydrogen) atoms. The molecule has 1 aromatic rings. The summed E-state index contributed by atoms with van der Waals surface area (Å²) in [6.07, 6.45) is 4.06. The van der Waals surface area contributed by atoms with Gasteiger partial charge in [0.2, 0.25) is 0 Å². The lowest BCUT2D eigenvalue weighted by Crippen LogP contribution is -2.58. The summed E-state index contributed by atoms with van der Waals surface area (Å²) in [6, 6.07) is 7.58. The first-order valence-corrected chi connectivity index (χ1v) is 8.06. The molecule has 2 fully saturated rings. The minimum Gasteiger partial charge on any atom is -0.366 e. The Morgan fingerprint density at radius 3 is 2.90 bits per heavy atom. The highest BCUT2D eigenvalue weighted by atomic mass is 35.5. The molecule has 0 aliphatic carbocycles. The standard InChI is InChI=1S/C16H24ClN3/c1-12-10-19-7-3-2-4-15(19)11-20(12)14-6-5-13(9-18)16(17)8-14/h5-6,8,12,15H,2-4,7,9-11,18H2,1H3. The molecule has 2 aliphatic rings. The molecule has 2 heterocycles. The lowest BCUT2D eigenvalue weighted by Gasteiger charge is -2.48. The molecule has 1 aromatic carbocycles. The monoisotopic (exact) mass is 293 g/mol. The van der Waals surface area contributed by atoms with Gasteiger partial charge in [0.25, 0.3) is 0 Å². The minimum absolute atomic E-state index is 0.505. The fourth-order valence-electron chi connectivity index (χ4n) is 3.59. The number of piperazine rings is 1. The highest BCUT2D eigenvalue weighted by Crippen LogP contribution is 2.30. The summed E-state index contributed by atoms with van der Waals surface area (Å²) >= 11 is 6.32. The van der Waals surface area contributed by atoms with Crippen molar-refractivity contribution in [3.63, 3.8) is 0 Å². The van der Waals surface area contributed by atoms with Gasteiger partial charge >= 0.3 is 0 Å². The molecule has 4 heteroatoms. The van der Waals surface area contributed by atoms with Gasteiger partial charge in [-0.05, 0) is 44.0 Å². The van der Waals surface area contributed by atoms with E-state index in [0.717, 1.165) is 17.1 Å². The number of anilines is 1. The van der Waals surface area contributed by atoms with Crippen LogP contribution in [0, 0.1) is 0 Å². The predicted molar refractivity (Wildman–Crippen MR) is 85.4 cm³/mol. The van der Waals surface area contributed by atoms with Crippen LogP contribution in [-0.2, 0) is 6.54 Å². The first-order valence-electron chi connectivity index (χ1n) is 7.68. The summed E-state index contributed by atoms with van der Waals surface area (Å²) in [6.45, 7) is 6.39. The molecular formula is C16H24ClN3. The SMILES string of the molecule is CC1CN2CCCCC2CN1c1ccc(CN)c(Cl)c1. The van der Waals surface area contributed by atoms with Gasteiger partial charge in [-0.1, -0.05) is 24.1 Å². The average molecular weight is 294 g/mol. The van der Waals surface area contributed by atoms with Crippen molar-refractivity contribution in [1.29, 1.82) is 0 Å². The van der Waals surface area contributed by atoms with E-state index in [4.69, 9.17) is 17.3 Å². The molecule has 0 bridgehead atoms. The maximum atomic E-state index is 6.32. The van der Waals surface area contributed by atoms with Crippen molar-refractivity contribution in [2.24, 2.45) is 5.73 Å². The van der Waals surface area contributed by atoms with E-state index in [-0.39, 0.29) is 0 Å². The Labute approximate surface area is 126 Å². The van der Waals surface area contributed by atoms with Crippen molar-refractivity contribution in [2.75, 3.05) is 24.5 Å². The number of fused-ring (bicyclic) bond motifs is 1. The Morgan fingerprint density at radius 1 is 1.30 bits per heavy atom. The number of piperidine rings is 1. The summed E-state index contributed by atoms with van der Waals surface area (Å²) in [7, 11) is 0. The molecule has 3 nitrogen and oxygen atoms in total. The van der Waals surface area contributed by atoms with Crippen molar-refractivity contribution >= 4 is 17.3 Å². The van der Waals surface area contributed by atoms with E-state index >= 15 is 0 Å². The molecule has 0 spiro atoms. The smallest absolute Gasteiger partial charge is 0.0471 e. The number of hydrogen-bond acceptors (Lipinski definition) is 3. The maximum absolute atomic E-state index is 6.32. The lowest BCUT2D eigenvalue weighted by molar-refractivity contribution is 0.115. The Bertz CT molecular complexity index is 477. The molecular weight excluding hydrogens is 270 g/mol. The summed E-state index contributed by atoms with van der Waals surface area (Å²) in [4.78, 5) is 5.18. The topological polar surface area (TPSA) is 32.5 Å². The van der Waals surface area contributed by atoms with E-state index in [1.807, 2.05) is 0 Å². The third-order valence-electron chi connectivity index (χ3n) is 4.78. The molecule has 0 aromatic heterocycles. The number of halogens is 1. The maximum Gasteiger partial charge on any atom is 0.0471 e. The first kappa shape index (κ1) is 14.2. The van der Waals surface area contributed by atoms with Crippen LogP contribution in [0.3, 0.4) is 0 Å². The molecule has 3 rings (SSSR count). The largest absolute Gasteiger partial charge is 0.366 e. The molecule has 0 amide bonds. The van der Waals surface area contributed by atoms with Crippen LogP contribution in [0.5, 0.6) is 0 Å². The van der Waals surface area contributed by atoms with Gasteiger partial charge in [-0.25, -0.2) is 0 Å². The Hall–Kier alpha value is -0.770. The van der Waals surface area contributed by atoms with E-state index in [1.54, 1.807) is 0 Å². The number of benzene rings is 1. The molecule has 2 N–H and O–H groups in total. The van der Waals surface area contributed by atoms with E-state index in [9.17, 15) is 0 Å². The zero-order valence-electron chi connectivity index (χ0n) is 12.2. The van der Waals surface area contributed by atoms with Crippen LogP contribution in [0.15, 0.2) is 18.2 Å². The fourth-order valence-corrected chi connectivity index (χ4v) is 3.84. The Morgan fingerprint density at radius 2 is 2.15 bits per heavy atom. The highest BCUT2D eigenvalue weighted by Gasteiger charge is 2.33. The summed E-state index contributed by atoms with van der Waals surface area (Å²) in [5.74, 6) is 0. The number of nitrogens with two attached hydrogens (primary N) is 1. The molecule has 110 valence electrons. The second kappa shape index (κ2) is 5.92. The highest BCUT2D eigenvalue weighted by molar-refractivity contribution is 6.31. The van der Waals surface area contributed by atoms with Crippen LogP contribution >= 0.6 is 11.6 Å². The van der Waals surface area contributed by atoms with Crippen molar-refractivity contribution in [3.8, 4) is 0 Å². The lowest BCUT2D eigenvalue weighted by atomic mass is 9.96. The predicted octanol–water partition coefficient (Wildman–Crippen LogP) is 2.86. The van der Waals surface area contributed by atoms with Crippen LogP contribution in [0.4, 0.5) is 5.69 Å². The van der Waals surface area contributed by atoms with Gasteiger partial charge in [-0.2, -0.15) is 0 Å². The van der Waals surface area contributed by atoms with Gasteiger partial charge in [0.05, 0.1) is 0 Å². The Kier molecular flexibility index (Phi) is 4.20. The molecule has 2 unspecified atom stereocenters. The number of hydrogen-bond donors (Lipinski definition) is 1. The number of nitrogens with zero attached hydrogens (tertiary/aromatic N) is 2. The summed E-state index contributed by atoms with van der Waals surface area (Å²) < 4.78 is 0. The van der Waals surface area contributed by atoms with Gasteiger partial charge in [-0.3, -0.25) is 4.90 Å². The fraction of sp³-hybridized carbons (Fsp3) is 0.625. The van der Waals surface area contributed by atoms with Crippen molar-refractivity contribution in [3.05, 3.63) is 28.8 Å². The third-order valence-corrected chi connectivity index (χ3v) is 5.13. The van der Waals surface area contributed by atoms with Crippen LogP contribution in [-0.4, -0.2) is 36.6 Å². The third kappa shape index (κ3) is 2.67. The van der Waals surface area contributed by atoms with Crippen LogP contribution in [0.2, 0.25) is 5.02 Å². The molecule has 2 saturated heterocycles. The van der Waals surface area contributed by atoms with Crippen LogP contribution in [0.25, 0.3) is 0 Å². The van der Waals surface area contributed by atoms with Crippen molar-refractivity contribution < 1.29 is 0 Å². The van der Waals surface area contributed by atoms with Gasteiger partial charge < -0.3 is 10.6 Å². The molecule has 2 aliphatic heterocycles. The Balaban J connectivity index is 1.80.